The van der Waals surface area contributed by atoms with Crippen LogP contribution >= 0.6 is 11.8 Å². The molecule has 9 heteroatoms. The molecule has 3 aromatic rings. The van der Waals surface area contributed by atoms with E-state index in [0.717, 1.165) is 16.0 Å². The Labute approximate surface area is 199 Å². The van der Waals surface area contributed by atoms with Crippen molar-refractivity contribution in [1.29, 1.82) is 0 Å². The molecule has 1 aliphatic heterocycles. The van der Waals surface area contributed by atoms with Gasteiger partial charge in [0.15, 0.2) is 5.17 Å². The van der Waals surface area contributed by atoms with Crippen molar-refractivity contribution in [1.82, 2.24) is 5.32 Å². The topological polar surface area (TPSA) is 53.9 Å². The van der Waals surface area contributed by atoms with Gasteiger partial charge in [0, 0.05) is 0 Å². The maximum absolute atomic E-state index is 14.6. The number of hydrogen-bond acceptors (Lipinski definition) is 4. The Kier molecular flexibility index (Phi) is 6.31. The number of nitrogens with zero attached hydrogens (tertiary/aromatic N) is 2. The van der Waals surface area contributed by atoms with Gasteiger partial charge in [0.25, 0.3) is 0 Å². The second-order valence-electron chi connectivity index (χ2n) is 7.84. The zero-order valence-corrected chi connectivity index (χ0v) is 19.5. The summed E-state index contributed by atoms with van der Waals surface area (Å²) < 4.78 is 49.0. The fourth-order valence-corrected chi connectivity index (χ4v) is 4.69. The molecule has 1 atom stereocenters. The van der Waals surface area contributed by atoms with E-state index in [4.69, 9.17) is 4.74 Å². The van der Waals surface area contributed by atoms with Gasteiger partial charge >= 0.3 is 12.2 Å². The predicted octanol–water partition coefficient (Wildman–Crippen LogP) is 6.68. The number of alkyl halides is 3. The number of benzene rings is 3. The number of thioether (sulfide) groups is 1. The van der Waals surface area contributed by atoms with Gasteiger partial charge < -0.3 is 10.1 Å². The molecule has 176 valence electrons. The molecule has 1 fully saturated rings. The summed E-state index contributed by atoms with van der Waals surface area (Å²) in [6, 6.07) is 18.5. The molecular formula is C25H22F3N3O2S. The highest BCUT2D eigenvalue weighted by Crippen LogP contribution is 2.51. The molecule has 1 heterocycles. The quantitative estimate of drug-likeness (QED) is 0.449. The number of carbonyl (C=O) groups is 1. The van der Waals surface area contributed by atoms with Crippen LogP contribution in [0, 0.1) is 13.8 Å². The van der Waals surface area contributed by atoms with Gasteiger partial charge in [-0.2, -0.15) is 13.2 Å². The van der Waals surface area contributed by atoms with Gasteiger partial charge in [0.05, 0.1) is 18.5 Å². The summed E-state index contributed by atoms with van der Waals surface area (Å²) in [5.41, 5.74) is 2.64. The number of rotatable bonds is 4. The molecule has 0 unspecified atom stereocenters. The van der Waals surface area contributed by atoms with Crippen molar-refractivity contribution in [2.24, 2.45) is 4.99 Å². The summed E-state index contributed by atoms with van der Waals surface area (Å²) in [4.78, 5) is 16.2. The smallest absolute Gasteiger partial charge is 0.425 e. The molecule has 0 aliphatic carbocycles. The molecule has 1 saturated heterocycles. The highest BCUT2D eigenvalue weighted by molar-refractivity contribution is 8.15. The van der Waals surface area contributed by atoms with Gasteiger partial charge in [-0.05, 0) is 67.6 Å². The first-order valence-electron chi connectivity index (χ1n) is 10.4. The Morgan fingerprint density at radius 1 is 0.912 bits per heavy atom. The lowest BCUT2D eigenvalue weighted by Gasteiger charge is -2.43. The van der Waals surface area contributed by atoms with Gasteiger partial charge in [0.2, 0.25) is 4.87 Å². The number of anilines is 1. The molecule has 34 heavy (non-hydrogen) atoms. The van der Waals surface area contributed by atoms with Crippen molar-refractivity contribution in [2.45, 2.75) is 24.9 Å². The van der Waals surface area contributed by atoms with Crippen molar-refractivity contribution >= 4 is 34.3 Å². The molecule has 0 spiro atoms. The highest BCUT2D eigenvalue weighted by atomic mass is 32.2. The van der Waals surface area contributed by atoms with Gasteiger partial charge in [-0.25, -0.2) is 14.7 Å². The number of carbonyl (C=O) groups excluding carboxylic acids is 1. The average Bonchev–Trinajstić information content (AvgIpc) is 2.80. The number of aryl methyl sites for hydroxylation is 2. The maximum atomic E-state index is 14.6. The number of aliphatic imine (C=N–C) groups is 1. The minimum atomic E-state index is -4.82. The maximum Gasteiger partial charge on any atom is 0.425 e. The van der Waals surface area contributed by atoms with Gasteiger partial charge in [-0.15, -0.1) is 0 Å². The van der Waals surface area contributed by atoms with Gasteiger partial charge in [-0.3, -0.25) is 0 Å². The van der Waals surface area contributed by atoms with Crippen LogP contribution in [0.25, 0.3) is 0 Å². The summed E-state index contributed by atoms with van der Waals surface area (Å²) >= 11 is 0.441. The first-order valence-corrected chi connectivity index (χ1v) is 11.2. The fraction of sp³-hybridized carbons (Fsp3) is 0.200. The van der Waals surface area contributed by atoms with E-state index in [-0.39, 0.29) is 10.7 Å². The molecule has 0 aromatic heterocycles. The summed E-state index contributed by atoms with van der Waals surface area (Å²) in [5.74, 6) is 0.406. The summed E-state index contributed by atoms with van der Waals surface area (Å²) in [7, 11) is 1.43. The number of urea groups is 1. The standard InChI is InChI=1S/C25H22F3N3O2S/c1-16-4-10-19(11-5-16)29-23-31(20-12-6-17(2)7-13-20)22(32)30-24(34-23,25(26,27)28)18-8-14-21(33-3)15-9-18/h4-15H,1-3H3,(H,30,32)/t24-/m0/s1. The number of amidine groups is 1. The molecule has 1 aliphatic rings. The van der Waals surface area contributed by atoms with Crippen molar-refractivity contribution in [3.05, 3.63) is 89.5 Å². The first kappa shape index (κ1) is 23.7. The molecule has 1 N–H and O–H groups in total. The summed E-state index contributed by atoms with van der Waals surface area (Å²) in [5, 5.41) is 2.12. The largest absolute Gasteiger partial charge is 0.497 e. The third-order valence-electron chi connectivity index (χ3n) is 5.37. The normalized spacial score (nSPS) is 19.8. The lowest BCUT2D eigenvalue weighted by molar-refractivity contribution is -0.167. The van der Waals surface area contributed by atoms with E-state index < -0.39 is 17.1 Å². The summed E-state index contributed by atoms with van der Waals surface area (Å²) in [6.45, 7) is 3.78. The monoisotopic (exact) mass is 485 g/mol. The number of hydrogen-bond donors (Lipinski definition) is 1. The van der Waals surface area contributed by atoms with E-state index >= 15 is 0 Å². The van der Waals surface area contributed by atoms with Crippen LogP contribution in [-0.4, -0.2) is 24.5 Å². The van der Waals surface area contributed by atoms with E-state index in [1.165, 1.54) is 31.4 Å². The van der Waals surface area contributed by atoms with Crippen LogP contribution in [0.3, 0.4) is 0 Å². The van der Waals surface area contributed by atoms with E-state index in [9.17, 15) is 18.0 Å². The molecule has 0 saturated carbocycles. The van der Waals surface area contributed by atoms with E-state index in [1.54, 1.807) is 36.4 Å². The van der Waals surface area contributed by atoms with Gasteiger partial charge in [-0.1, -0.05) is 47.5 Å². The SMILES string of the molecule is COc1ccc([C@]2(C(F)(F)F)NC(=O)N(c3ccc(C)cc3)C(=Nc3ccc(C)cc3)S2)cc1. The van der Waals surface area contributed by atoms with E-state index in [2.05, 4.69) is 10.3 Å². The average molecular weight is 486 g/mol. The molecule has 4 rings (SSSR count). The highest BCUT2D eigenvalue weighted by Gasteiger charge is 2.62. The van der Waals surface area contributed by atoms with E-state index in [1.807, 2.05) is 26.0 Å². The number of amides is 2. The molecule has 0 bridgehead atoms. The Balaban J connectivity index is 1.87. The molecule has 2 amide bonds. The van der Waals surface area contributed by atoms with Crippen LogP contribution in [0.5, 0.6) is 5.75 Å². The zero-order chi connectivity index (χ0) is 24.5. The van der Waals surface area contributed by atoms with Crippen molar-refractivity contribution in [3.8, 4) is 5.75 Å². The molecule has 5 nitrogen and oxygen atoms in total. The van der Waals surface area contributed by atoms with Crippen LogP contribution in [-0.2, 0) is 4.87 Å². The van der Waals surface area contributed by atoms with Crippen LogP contribution < -0.4 is 15.0 Å². The predicted molar refractivity (Wildman–Crippen MR) is 129 cm³/mol. The van der Waals surface area contributed by atoms with Crippen molar-refractivity contribution in [3.63, 3.8) is 0 Å². The first-order chi connectivity index (χ1) is 16.1. The van der Waals surface area contributed by atoms with E-state index in [0.29, 0.717) is 28.9 Å². The third-order valence-corrected chi connectivity index (χ3v) is 6.70. The number of halogens is 3. The Morgan fingerprint density at radius 3 is 2.00 bits per heavy atom. The van der Waals surface area contributed by atoms with Crippen LogP contribution in [0.1, 0.15) is 16.7 Å². The van der Waals surface area contributed by atoms with Crippen LogP contribution in [0.4, 0.5) is 29.3 Å². The molecule has 0 radical (unpaired) electrons. The lowest BCUT2D eigenvalue weighted by atomic mass is 10.1. The Hall–Kier alpha value is -3.46. The number of ether oxygens (including phenoxy) is 1. The fourth-order valence-electron chi connectivity index (χ4n) is 3.47. The molecule has 3 aromatic carbocycles. The third kappa shape index (κ3) is 4.48. The second kappa shape index (κ2) is 9.06. The zero-order valence-electron chi connectivity index (χ0n) is 18.7. The Bertz CT molecular complexity index is 1210. The van der Waals surface area contributed by atoms with Gasteiger partial charge in [0.1, 0.15) is 5.75 Å². The van der Waals surface area contributed by atoms with Crippen molar-refractivity contribution < 1.29 is 22.7 Å². The van der Waals surface area contributed by atoms with Crippen LogP contribution in [0.15, 0.2) is 77.8 Å². The minimum Gasteiger partial charge on any atom is -0.497 e. The number of methoxy groups -OCH3 is 1. The lowest BCUT2D eigenvalue weighted by Crippen LogP contribution is -2.63. The molecular weight excluding hydrogens is 463 g/mol. The Morgan fingerprint density at radius 2 is 1.47 bits per heavy atom. The number of nitrogens with one attached hydrogen (secondary N) is 1. The van der Waals surface area contributed by atoms with Crippen LogP contribution in [0.2, 0.25) is 0 Å². The summed E-state index contributed by atoms with van der Waals surface area (Å²) in [6.07, 6.45) is -4.82. The second-order valence-corrected chi connectivity index (χ2v) is 9.02. The minimum absolute atomic E-state index is 0.0930. The van der Waals surface area contributed by atoms with Crippen molar-refractivity contribution in [2.75, 3.05) is 12.0 Å².